The molecule has 0 aliphatic heterocycles. The van der Waals surface area contributed by atoms with Crippen LogP contribution < -0.4 is 0 Å². The molecule has 0 saturated carbocycles. The maximum Gasteiger partial charge on any atom is 0.309 e. The van der Waals surface area contributed by atoms with Crippen LogP contribution >= 0.6 is 0 Å². The van der Waals surface area contributed by atoms with Gasteiger partial charge in [-0.1, -0.05) is 5.16 Å². The molecule has 0 spiro atoms. The number of hydrogen-bond acceptors (Lipinski definition) is 3. The quantitative estimate of drug-likeness (QED) is 0.887. The highest BCUT2D eigenvalue weighted by Gasteiger charge is 2.10. The molecule has 1 aromatic carbocycles. The predicted molar refractivity (Wildman–Crippen MR) is 58.0 cm³/mol. The van der Waals surface area contributed by atoms with E-state index in [-0.39, 0.29) is 12.2 Å². The topological polar surface area (TPSA) is 63.3 Å². The summed E-state index contributed by atoms with van der Waals surface area (Å²) >= 11 is 0. The molecule has 0 amide bonds. The zero-order valence-corrected chi connectivity index (χ0v) is 9.11. The SMILES string of the molecule is Cc1cc(-c2cc(CC(=O)O)no2)ccc1F. The fourth-order valence-corrected chi connectivity index (χ4v) is 1.48. The molecule has 0 radical (unpaired) electrons. The van der Waals surface area contributed by atoms with E-state index in [2.05, 4.69) is 5.16 Å². The number of carboxylic acids is 1. The number of carboxylic acid groups (broad SMARTS) is 1. The van der Waals surface area contributed by atoms with E-state index >= 15 is 0 Å². The van der Waals surface area contributed by atoms with Crippen molar-refractivity contribution in [1.82, 2.24) is 5.16 Å². The van der Waals surface area contributed by atoms with Crippen molar-refractivity contribution >= 4 is 5.97 Å². The van der Waals surface area contributed by atoms with Gasteiger partial charge in [0.1, 0.15) is 5.82 Å². The van der Waals surface area contributed by atoms with E-state index in [4.69, 9.17) is 9.63 Å². The zero-order valence-electron chi connectivity index (χ0n) is 9.11. The third-order valence-corrected chi connectivity index (χ3v) is 2.33. The lowest BCUT2D eigenvalue weighted by atomic mass is 10.1. The minimum atomic E-state index is -0.972. The second-order valence-electron chi connectivity index (χ2n) is 3.72. The molecule has 2 rings (SSSR count). The summed E-state index contributed by atoms with van der Waals surface area (Å²) in [5, 5.41) is 12.2. The van der Waals surface area contributed by atoms with E-state index in [1.165, 1.54) is 6.07 Å². The lowest BCUT2D eigenvalue weighted by Gasteiger charge is -1.98. The summed E-state index contributed by atoms with van der Waals surface area (Å²) in [6.07, 6.45) is -0.191. The average molecular weight is 235 g/mol. The number of aryl methyl sites for hydroxylation is 1. The fourth-order valence-electron chi connectivity index (χ4n) is 1.48. The van der Waals surface area contributed by atoms with Crippen LogP contribution in [0.2, 0.25) is 0 Å². The summed E-state index contributed by atoms with van der Waals surface area (Å²) in [7, 11) is 0. The molecule has 1 aromatic heterocycles. The van der Waals surface area contributed by atoms with Crippen LogP contribution in [0.1, 0.15) is 11.3 Å². The van der Waals surface area contributed by atoms with Gasteiger partial charge in [-0.2, -0.15) is 0 Å². The summed E-state index contributed by atoms with van der Waals surface area (Å²) in [4.78, 5) is 10.5. The van der Waals surface area contributed by atoms with Crippen molar-refractivity contribution in [3.63, 3.8) is 0 Å². The summed E-state index contributed by atoms with van der Waals surface area (Å²) < 4.78 is 18.1. The van der Waals surface area contributed by atoms with Gasteiger partial charge in [0.2, 0.25) is 0 Å². The molecule has 0 unspecified atom stereocenters. The summed E-state index contributed by atoms with van der Waals surface area (Å²) in [6, 6.07) is 6.07. The van der Waals surface area contributed by atoms with Gasteiger partial charge in [0.05, 0.1) is 12.1 Å². The van der Waals surface area contributed by atoms with Crippen molar-refractivity contribution in [2.75, 3.05) is 0 Å². The Morgan fingerprint density at radius 3 is 2.88 bits per heavy atom. The Kier molecular flexibility index (Phi) is 2.91. The largest absolute Gasteiger partial charge is 0.481 e. The van der Waals surface area contributed by atoms with Gasteiger partial charge < -0.3 is 9.63 Å². The Hall–Kier alpha value is -2.17. The van der Waals surface area contributed by atoms with Crippen LogP contribution in [-0.4, -0.2) is 16.2 Å². The lowest BCUT2D eigenvalue weighted by molar-refractivity contribution is -0.136. The molecule has 5 heteroatoms. The van der Waals surface area contributed by atoms with E-state index in [0.717, 1.165) is 0 Å². The molecule has 0 bridgehead atoms. The van der Waals surface area contributed by atoms with Crippen molar-refractivity contribution in [2.45, 2.75) is 13.3 Å². The van der Waals surface area contributed by atoms with Crippen LogP contribution in [0.3, 0.4) is 0 Å². The molecule has 0 aliphatic carbocycles. The zero-order chi connectivity index (χ0) is 12.4. The van der Waals surface area contributed by atoms with Gasteiger partial charge in [0.25, 0.3) is 0 Å². The molecule has 0 aliphatic rings. The smallest absolute Gasteiger partial charge is 0.309 e. The Balaban J connectivity index is 2.30. The Morgan fingerprint density at radius 1 is 1.47 bits per heavy atom. The van der Waals surface area contributed by atoms with E-state index in [1.54, 1.807) is 25.1 Å². The Morgan fingerprint density at radius 2 is 2.24 bits per heavy atom. The molecule has 0 fully saturated rings. The van der Waals surface area contributed by atoms with Crippen molar-refractivity contribution in [3.8, 4) is 11.3 Å². The monoisotopic (exact) mass is 235 g/mol. The number of aromatic nitrogens is 1. The molecule has 17 heavy (non-hydrogen) atoms. The summed E-state index contributed by atoms with van der Waals surface area (Å²) in [5.74, 6) is -0.830. The van der Waals surface area contributed by atoms with E-state index in [1.807, 2.05) is 0 Å². The first-order valence-electron chi connectivity index (χ1n) is 5.00. The third kappa shape index (κ3) is 2.50. The van der Waals surface area contributed by atoms with Crippen LogP contribution in [-0.2, 0) is 11.2 Å². The van der Waals surface area contributed by atoms with Gasteiger partial charge in [-0.25, -0.2) is 4.39 Å². The maximum atomic E-state index is 13.1. The van der Waals surface area contributed by atoms with E-state index < -0.39 is 5.97 Å². The van der Waals surface area contributed by atoms with Crippen molar-refractivity contribution < 1.29 is 18.8 Å². The van der Waals surface area contributed by atoms with Crippen molar-refractivity contribution in [1.29, 1.82) is 0 Å². The summed E-state index contributed by atoms with van der Waals surface area (Å²) in [6.45, 7) is 1.65. The van der Waals surface area contributed by atoms with Crippen LogP contribution in [0.25, 0.3) is 11.3 Å². The van der Waals surface area contributed by atoms with E-state index in [9.17, 15) is 9.18 Å². The predicted octanol–water partition coefficient (Wildman–Crippen LogP) is 2.42. The molecule has 88 valence electrons. The second kappa shape index (κ2) is 4.37. The highest BCUT2D eigenvalue weighted by atomic mass is 19.1. The Labute approximate surface area is 96.7 Å². The van der Waals surface area contributed by atoms with Gasteiger partial charge >= 0.3 is 5.97 Å². The lowest BCUT2D eigenvalue weighted by Crippen LogP contribution is -1.99. The van der Waals surface area contributed by atoms with Crippen LogP contribution in [0.4, 0.5) is 4.39 Å². The molecule has 2 aromatic rings. The number of aliphatic carboxylic acids is 1. The molecular weight excluding hydrogens is 225 g/mol. The third-order valence-electron chi connectivity index (χ3n) is 2.33. The van der Waals surface area contributed by atoms with Gasteiger partial charge in [0, 0.05) is 11.6 Å². The normalized spacial score (nSPS) is 10.5. The fraction of sp³-hybridized carbons (Fsp3) is 0.167. The highest BCUT2D eigenvalue weighted by molar-refractivity contribution is 5.70. The first-order valence-corrected chi connectivity index (χ1v) is 5.00. The van der Waals surface area contributed by atoms with Gasteiger partial charge in [-0.05, 0) is 30.7 Å². The van der Waals surface area contributed by atoms with Crippen molar-refractivity contribution in [3.05, 3.63) is 41.3 Å². The molecule has 0 saturated heterocycles. The van der Waals surface area contributed by atoms with Crippen LogP contribution in [0.5, 0.6) is 0 Å². The molecule has 1 heterocycles. The van der Waals surface area contributed by atoms with Crippen LogP contribution in [0, 0.1) is 12.7 Å². The van der Waals surface area contributed by atoms with Gasteiger partial charge in [0.15, 0.2) is 5.76 Å². The average Bonchev–Trinajstić information content (AvgIpc) is 2.69. The van der Waals surface area contributed by atoms with Gasteiger partial charge in [-0.15, -0.1) is 0 Å². The number of halogens is 1. The van der Waals surface area contributed by atoms with E-state index in [0.29, 0.717) is 22.6 Å². The number of benzene rings is 1. The maximum absolute atomic E-state index is 13.1. The molecular formula is C12H10FNO3. The minimum Gasteiger partial charge on any atom is -0.481 e. The molecule has 4 nitrogen and oxygen atoms in total. The number of hydrogen-bond donors (Lipinski definition) is 1. The summed E-state index contributed by atoms with van der Waals surface area (Å²) in [5.41, 5.74) is 1.52. The first kappa shape index (κ1) is 11.3. The first-order chi connectivity index (χ1) is 8.06. The number of rotatable bonds is 3. The van der Waals surface area contributed by atoms with Gasteiger partial charge in [-0.3, -0.25) is 4.79 Å². The Bertz CT molecular complexity index is 563. The van der Waals surface area contributed by atoms with Crippen LogP contribution in [0.15, 0.2) is 28.8 Å². The standard InChI is InChI=1S/C12H10FNO3/c1-7-4-8(2-3-10(7)13)11-5-9(14-17-11)6-12(15)16/h2-5H,6H2,1H3,(H,15,16). The molecule has 1 N–H and O–H groups in total. The number of carbonyl (C=O) groups is 1. The minimum absolute atomic E-state index is 0.191. The highest BCUT2D eigenvalue weighted by Crippen LogP contribution is 2.22. The second-order valence-corrected chi connectivity index (χ2v) is 3.72. The molecule has 0 atom stereocenters. The van der Waals surface area contributed by atoms with Crippen molar-refractivity contribution in [2.24, 2.45) is 0 Å². The number of nitrogens with zero attached hydrogens (tertiary/aromatic N) is 1.